The van der Waals surface area contributed by atoms with Crippen LogP contribution in [0.5, 0.6) is 0 Å². The SMILES string of the molecule is CCCCN/C=C(/C#N)C(=O)N1CCN(c2ccc(F)cc2)CC1. The fraction of sp³-hybridized carbons (Fsp3) is 0.444. The van der Waals surface area contributed by atoms with E-state index in [0.29, 0.717) is 26.2 Å². The molecule has 0 saturated carbocycles. The molecule has 1 amide bonds. The smallest absolute Gasteiger partial charge is 0.266 e. The van der Waals surface area contributed by atoms with Crippen LogP contribution in [-0.4, -0.2) is 43.5 Å². The lowest BCUT2D eigenvalue weighted by molar-refractivity contribution is -0.127. The number of nitriles is 1. The van der Waals surface area contributed by atoms with Crippen LogP contribution in [0.1, 0.15) is 19.8 Å². The van der Waals surface area contributed by atoms with Crippen molar-refractivity contribution in [3.8, 4) is 6.07 Å². The molecule has 1 aromatic rings. The predicted molar refractivity (Wildman–Crippen MR) is 91.8 cm³/mol. The molecule has 1 N–H and O–H groups in total. The minimum Gasteiger partial charge on any atom is -0.390 e. The number of nitrogens with zero attached hydrogens (tertiary/aromatic N) is 3. The maximum Gasteiger partial charge on any atom is 0.266 e. The molecule has 0 spiro atoms. The molecular weight excluding hydrogens is 307 g/mol. The first-order valence-electron chi connectivity index (χ1n) is 8.29. The van der Waals surface area contributed by atoms with E-state index in [1.807, 2.05) is 6.07 Å². The summed E-state index contributed by atoms with van der Waals surface area (Å²) in [6.45, 7) is 5.27. The number of carbonyl (C=O) groups is 1. The van der Waals surface area contributed by atoms with E-state index in [4.69, 9.17) is 0 Å². The predicted octanol–water partition coefficient (Wildman–Crippen LogP) is 2.27. The number of piperazine rings is 1. The van der Waals surface area contributed by atoms with Crippen molar-refractivity contribution in [2.45, 2.75) is 19.8 Å². The number of halogens is 1. The van der Waals surface area contributed by atoms with Gasteiger partial charge in [0, 0.05) is 44.6 Å². The first kappa shape index (κ1) is 17.8. The molecule has 1 heterocycles. The summed E-state index contributed by atoms with van der Waals surface area (Å²) in [6.07, 6.45) is 3.58. The molecule has 0 bridgehead atoms. The van der Waals surface area contributed by atoms with Crippen LogP contribution < -0.4 is 10.2 Å². The van der Waals surface area contributed by atoms with Crippen LogP contribution in [0.2, 0.25) is 0 Å². The van der Waals surface area contributed by atoms with Gasteiger partial charge >= 0.3 is 0 Å². The Kier molecular flexibility index (Phi) is 6.62. The molecule has 1 saturated heterocycles. The summed E-state index contributed by atoms with van der Waals surface area (Å²) in [5.74, 6) is -0.493. The number of rotatable bonds is 6. The van der Waals surface area contributed by atoms with Gasteiger partial charge in [-0.3, -0.25) is 4.79 Å². The molecule has 0 unspecified atom stereocenters. The van der Waals surface area contributed by atoms with Crippen LogP contribution in [-0.2, 0) is 4.79 Å². The van der Waals surface area contributed by atoms with Crippen molar-refractivity contribution in [1.29, 1.82) is 5.26 Å². The summed E-state index contributed by atoms with van der Waals surface area (Å²) in [7, 11) is 0. The monoisotopic (exact) mass is 330 g/mol. The van der Waals surface area contributed by atoms with E-state index in [-0.39, 0.29) is 17.3 Å². The van der Waals surface area contributed by atoms with Crippen LogP contribution >= 0.6 is 0 Å². The van der Waals surface area contributed by atoms with E-state index in [1.54, 1.807) is 17.0 Å². The van der Waals surface area contributed by atoms with Gasteiger partial charge in [0.05, 0.1) is 0 Å². The third kappa shape index (κ3) is 4.72. The maximum absolute atomic E-state index is 13.0. The molecule has 0 atom stereocenters. The van der Waals surface area contributed by atoms with E-state index in [9.17, 15) is 14.4 Å². The lowest BCUT2D eigenvalue weighted by Gasteiger charge is -2.36. The zero-order valence-corrected chi connectivity index (χ0v) is 14.0. The molecule has 1 aliphatic rings. The highest BCUT2D eigenvalue weighted by Gasteiger charge is 2.23. The van der Waals surface area contributed by atoms with E-state index in [0.717, 1.165) is 25.1 Å². The van der Waals surface area contributed by atoms with Gasteiger partial charge in [0.15, 0.2) is 0 Å². The van der Waals surface area contributed by atoms with E-state index in [1.165, 1.54) is 18.3 Å². The number of amides is 1. The fourth-order valence-corrected chi connectivity index (χ4v) is 2.58. The number of hydrogen-bond acceptors (Lipinski definition) is 4. The molecular formula is C18H23FN4O. The first-order chi connectivity index (χ1) is 11.7. The maximum atomic E-state index is 13.0. The lowest BCUT2D eigenvalue weighted by atomic mass is 10.2. The number of hydrogen-bond donors (Lipinski definition) is 1. The van der Waals surface area contributed by atoms with Gasteiger partial charge in [0.1, 0.15) is 17.5 Å². The zero-order valence-electron chi connectivity index (χ0n) is 14.0. The highest BCUT2D eigenvalue weighted by atomic mass is 19.1. The molecule has 6 heteroatoms. The topological polar surface area (TPSA) is 59.4 Å². The zero-order chi connectivity index (χ0) is 17.4. The molecule has 0 radical (unpaired) electrons. The highest BCUT2D eigenvalue weighted by Crippen LogP contribution is 2.17. The van der Waals surface area contributed by atoms with Gasteiger partial charge in [0.2, 0.25) is 0 Å². The summed E-state index contributed by atoms with van der Waals surface area (Å²) >= 11 is 0. The van der Waals surface area contributed by atoms with Gasteiger partial charge < -0.3 is 15.1 Å². The van der Waals surface area contributed by atoms with Gasteiger partial charge in [0.25, 0.3) is 5.91 Å². The second kappa shape index (κ2) is 8.92. The Morgan fingerprint density at radius 2 is 1.96 bits per heavy atom. The van der Waals surface area contributed by atoms with Crippen molar-refractivity contribution in [2.75, 3.05) is 37.6 Å². The molecule has 1 aliphatic heterocycles. The van der Waals surface area contributed by atoms with E-state index >= 15 is 0 Å². The highest BCUT2D eigenvalue weighted by molar-refractivity contribution is 5.97. The number of carbonyl (C=O) groups excluding carboxylic acids is 1. The lowest BCUT2D eigenvalue weighted by Crippen LogP contribution is -2.49. The Bertz CT molecular complexity index is 613. The van der Waals surface area contributed by atoms with Crippen LogP contribution in [0.15, 0.2) is 36.0 Å². The second-order valence-electron chi connectivity index (χ2n) is 5.73. The number of nitrogens with one attached hydrogen (secondary N) is 1. The fourth-order valence-electron chi connectivity index (χ4n) is 2.58. The minimum atomic E-state index is -0.257. The van der Waals surface area contributed by atoms with Crippen molar-refractivity contribution in [3.63, 3.8) is 0 Å². The van der Waals surface area contributed by atoms with Gasteiger partial charge in [-0.15, -0.1) is 0 Å². The van der Waals surface area contributed by atoms with Crippen LogP contribution in [0.4, 0.5) is 10.1 Å². The molecule has 24 heavy (non-hydrogen) atoms. The summed E-state index contributed by atoms with van der Waals surface area (Å²) in [6, 6.07) is 8.33. The van der Waals surface area contributed by atoms with Crippen molar-refractivity contribution in [3.05, 3.63) is 41.9 Å². The second-order valence-corrected chi connectivity index (χ2v) is 5.73. The standard InChI is InChI=1S/C18H23FN4O/c1-2-3-8-21-14-15(13-20)18(24)23-11-9-22(10-12-23)17-6-4-16(19)5-7-17/h4-7,14,21H,2-3,8-12H2,1H3/b15-14-. The summed E-state index contributed by atoms with van der Waals surface area (Å²) in [4.78, 5) is 16.2. The molecule has 5 nitrogen and oxygen atoms in total. The average molecular weight is 330 g/mol. The minimum absolute atomic E-state index is 0.140. The van der Waals surface area contributed by atoms with Gasteiger partial charge in [-0.05, 0) is 30.7 Å². The molecule has 128 valence electrons. The Morgan fingerprint density at radius 1 is 1.29 bits per heavy atom. The van der Waals surface area contributed by atoms with Gasteiger partial charge in [-0.25, -0.2) is 4.39 Å². The van der Waals surface area contributed by atoms with Gasteiger partial charge in [-0.1, -0.05) is 13.3 Å². The third-order valence-electron chi connectivity index (χ3n) is 4.03. The van der Waals surface area contributed by atoms with Crippen LogP contribution in [0, 0.1) is 17.1 Å². The van der Waals surface area contributed by atoms with Crippen molar-refractivity contribution >= 4 is 11.6 Å². The summed E-state index contributed by atoms with van der Waals surface area (Å²) in [5.41, 5.74) is 1.09. The number of benzene rings is 1. The normalized spacial score (nSPS) is 15.1. The summed E-state index contributed by atoms with van der Waals surface area (Å²) < 4.78 is 13.0. The number of anilines is 1. The first-order valence-corrected chi connectivity index (χ1v) is 8.29. The average Bonchev–Trinajstić information content (AvgIpc) is 2.62. The van der Waals surface area contributed by atoms with Crippen molar-refractivity contribution in [1.82, 2.24) is 10.2 Å². The van der Waals surface area contributed by atoms with E-state index in [2.05, 4.69) is 17.1 Å². The summed E-state index contributed by atoms with van der Waals surface area (Å²) in [5, 5.41) is 12.2. The molecule has 0 aromatic heterocycles. The van der Waals surface area contributed by atoms with Crippen LogP contribution in [0.3, 0.4) is 0 Å². The van der Waals surface area contributed by atoms with E-state index < -0.39 is 0 Å². The molecule has 1 fully saturated rings. The molecule has 0 aliphatic carbocycles. The largest absolute Gasteiger partial charge is 0.390 e. The molecule has 2 rings (SSSR count). The Labute approximate surface area is 142 Å². The quantitative estimate of drug-likeness (QED) is 0.494. The van der Waals surface area contributed by atoms with Crippen molar-refractivity contribution < 1.29 is 9.18 Å². The Hall–Kier alpha value is -2.55. The third-order valence-corrected chi connectivity index (χ3v) is 4.03. The van der Waals surface area contributed by atoms with Crippen molar-refractivity contribution in [2.24, 2.45) is 0 Å². The number of unbranched alkanes of at least 4 members (excludes halogenated alkanes) is 1. The Balaban J connectivity index is 1.89. The van der Waals surface area contributed by atoms with Crippen LogP contribution in [0.25, 0.3) is 0 Å². The Morgan fingerprint density at radius 3 is 2.54 bits per heavy atom. The molecule has 1 aromatic carbocycles. The van der Waals surface area contributed by atoms with Gasteiger partial charge in [-0.2, -0.15) is 5.26 Å².